The van der Waals surface area contributed by atoms with Crippen LogP contribution in [-0.4, -0.2) is 27.0 Å². The van der Waals surface area contributed by atoms with E-state index in [0.29, 0.717) is 0 Å². The number of carboxylic acid groups (broad SMARTS) is 1. The lowest BCUT2D eigenvalue weighted by Gasteiger charge is -2.05. The lowest BCUT2D eigenvalue weighted by atomic mass is 10.2. The topological polar surface area (TPSA) is 132 Å². The molecular formula is C12H9N3O5. The summed E-state index contributed by atoms with van der Waals surface area (Å²) in [4.78, 5) is 49.0. The van der Waals surface area contributed by atoms with Crippen LogP contribution in [0.3, 0.4) is 0 Å². The Kier molecular flexibility index (Phi) is 3.47. The van der Waals surface area contributed by atoms with Gasteiger partial charge in [0, 0.05) is 11.9 Å². The molecule has 0 saturated carbocycles. The van der Waals surface area contributed by atoms with E-state index < -0.39 is 23.1 Å². The van der Waals surface area contributed by atoms with Gasteiger partial charge < -0.3 is 15.4 Å². The second kappa shape index (κ2) is 5.22. The van der Waals surface area contributed by atoms with E-state index >= 15 is 0 Å². The second-order valence-corrected chi connectivity index (χ2v) is 3.83. The molecule has 0 radical (unpaired) electrons. The number of anilines is 1. The number of hydrogen-bond donors (Lipinski definition) is 4. The summed E-state index contributed by atoms with van der Waals surface area (Å²) in [6.45, 7) is 0. The number of benzene rings is 1. The number of aromatic nitrogens is 2. The SMILES string of the molecule is O=C(O)c1cccc(NC(=O)c2c[nH]c(=O)[nH]c2=O)c1. The summed E-state index contributed by atoms with van der Waals surface area (Å²) in [5.41, 5.74) is -1.62. The summed E-state index contributed by atoms with van der Waals surface area (Å²) in [5, 5.41) is 11.2. The predicted octanol–water partition coefficient (Wildman–Crippen LogP) is 0.0137. The minimum absolute atomic E-state index is 0.00169. The molecule has 0 fully saturated rings. The smallest absolute Gasteiger partial charge is 0.335 e. The molecule has 1 aromatic heterocycles. The number of rotatable bonds is 3. The molecule has 0 aliphatic heterocycles. The monoisotopic (exact) mass is 275 g/mol. The normalized spacial score (nSPS) is 10.0. The summed E-state index contributed by atoms with van der Waals surface area (Å²) >= 11 is 0. The average molecular weight is 275 g/mol. The van der Waals surface area contributed by atoms with E-state index in [2.05, 4.69) is 10.3 Å². The largest absolute Gasteiger partial charge is 0.478 e. The van der Waals surface area contributed by atoms with Gasteiger partial charge in [-0.1, -0.05) is 6.07 Å². The van der Waals surface area contributed by atoms with Gasteiger partial charge in [-0.3, -0.25) is 14.6 Å². The Morgan fingerprint density at radius 3 is 2.60 bits per heavy atom. The highest BCUT2D eigenvalue weighted by molar-refractivity contribution is 6.04. The quantitative estimate of drug-likeness (QED) is 0.626. The number of nitrogens with one attached hydrogen (secondary N) is 3. The van der Waals surface area contributed by atoms with Crippen molar-refractivity contribution in [3.8, 4) is 0 Å². The lowest BCUT2D eigenvalue weighted by molar-refractivity contribution is 0.0696. The molecule has 4 N–H and O–H groups in total. The first-order chi connectivity index (χ1) is 9.47. The van der Waals surface area contributed by atoms with Gasteiger partial charge in [-0.2, -0.15) is 0 Å². The second-order valence-electron chi connectivity index (χ2n) is 3.83. The summed E-state index contributed by atoms with van der Waals surface area (Å²) in [6.07, 6.45) is 0.984. The van der Waals surface area contributed by atoms with Crippen molar-refractivity contribution in [2.24, 2.45) is 0 Å². The third kappa shape index (κ3) is 2.80. The first kappa shape index (κ1) is 13.3. The minimum Gasteiger partial charge on any atom is -0.478 e. The highest BCUT2D eigenvalue weighted by Gasteiger charge is 2.12. The van der Waals surface area contributed by atoms with Gasteiger partial charge in [0.25, 0.3) is 11.5 Å². The van der Waals surface area contributed by atoms with E-state index in [1.165, 1.54) is 24.3 Å². The molecule has 0 aliphatic rings. The van der Waals surface area contributed by atoms with Crippen LogP contribution in [0.15, 0.2) is 40.1 Å². The molecule has 0 atom stereocenters. The summed E-state index contributed by atoms with van der Waals surface area (Å²) in [6, 6.07) is 5.55. The molecule has 1 amide bonds. The van der Waals surface area contributed by atoms with Crippen LogP contribution in [0.5, 0.6) is 0 Å². The van der Waals surface area contributed by atoms with Crippen molar-refractivity contribution in [2.75, 3.05) is 5.32 Å². The fraction of sp³-hybridized carbons (Fsp3) is 0. The van der Waals surface area contributed by atoms with Crippen molar-refractivity contribution < 1.29 is 14.7 Å². The van der Waals surface area contributed by atoms with Gasteiger partial charge in [0.2, 0.25) is 0 Å². The Labute approximate surface area is 111 Å². The van der Waals surface area contributed by atoms with Gasteiger partial charge in [0.15, 0.2) is 0 Å². The first-order valence-corrected chi connectivity index (χ1v) is 5.44. The van der Waals surface area contributed by atoms with Crippen molar-refractivity contribution >= 4 is 17.6 Å². The molecule has 0 saturated heterocycles. The summed E-state index contributed by atoms with van der Waals surface area (Å²) in [7, 11) is 0. The van der Waals surface area contributed by atoms with Crippen LogP contribution in [0.4, 0.5) is 5.69 Å². The molecule has 1 aromatic carbocycles. The van der Waals surface area contributed by atoms with Crippen molar-refractivity contribution in [1.82, 2.24) is 9.97 Å². The van der Waals surface area contributed by atoms with Gasteiger partial charge in [-0.15, -0.1) is 0 Å². The maximum atomic E-state index is 11.8. The van der Waals surface area contributed by atoms with E-state index in [1.54, 1.807) is 0 Å². The van der Waals surface area contributed by atoms with Crippen LogP contribution in [0, 0.1) is 0 Å². The molecule has 8 heteroatoms. The zero-order chi connectivity index (χ0) is 14.7. The van der Waals surface area contributed by atoms with Gasteiger partial charge in [0.05, 0.1) is 5.56 Å². The van der Waals surface area contributed by atoms with E-state index in [-0.39, 0.29) is 16.8 Å². The highest BCUT2D eigenvalue weighted by Crippen LogP contribution is 2.11. The number of aromatic carboxylic acids is 1. The van der Waals surface area contributed by atoms with Gasteiger partial charge in [0.1, 0.15) is 5.56 Å². The van der Waals surface area contributed by atoms with Crippen LogP contribution in [-0.2, 0) is 0 Å². The maximum absolute atomic E-state index is 11.8. The molecule has 0 spiro atoms. The standard InChI is InChI=1S/C12H9N3O5/c16-9(8-5-13-12(20)15-10(8)17)14-7-3-1-2-6(4-7)11(18)19/h1-5H,(H,14,16)(H,18,19)(H2,13,15,17,20). The Hall–Kier alpha value is -3.16. The van der Waals surface area contributed by atoms with Gasteiger partial charge >= 0.3 is 11.7 Å². The number of carboxylic acids is 1. The van der Waals surface area contributed by atoms with Crippen molar-refractivity contribution in [3.05, 3.63) is 62.4 Å². The fourth-order valence-corrected chi connectivity index (χ4v) is 1.51. The van der Waals surface area contributed by atoms with Crippen LogP contribution >= 0.6 is 0 Å². The number of amides is 1. The Morgan fingerprint density at radius 2 is 1.95 bits per heavy atom. The van der Waals surface area contributed by atoms with Gasteiger partial charge in [-0.25, -0.2) is 9.59 Å². The number of aromatic amines is 2. The van der Waals surface area contributed by atoms with E-state index in [9.17, 15) is 19.2 Å². The predicted molar refractivity (Wildman–Crippen MR) is 69.0 cm³/mol. The maximum Gasteiger partial charge on any atom is 0.335 e. The zero-order valence-electron chi connectivity index (χ0n) is 9.97. The molecule has 8 nitrogen and oxygen atoms in total. The number of carbonyl (C=O) groups is 2. The molecule has 0 unspecified atom stereocenters. The Bertz CT molecular complexity index is 790. The van der Waals surface area contributed by atoms with Crippen LogP contribution in [0.2, 0.25) is 0 Å². The zero-order valence-corrected chi connectivity index (χ0v) is 9.97. The summed E-state index contributed by atoms with van der Waals surface area (Å²) < 4.78 is 0. The third-order valence-corrected chi connectivity index (χ3v) is 2.43. The van der Waals surface area contributed by atoms with Crippen LogP contribution < -0.4 is 16.6 Å². The number of hydrogen-bond acceptors (Lipinski definition) is 4. The van der Waals surface area contributed by atoms with Crippen molar-refractivity contribution in [3.63, 3.8) is 0 Å². The van der Waals surface area contributed by atoms with Crippen LogP contribution in [0.1, 0.15) is 20.7 Å². The minimum atomic E-state index is -1.14. The van der Waals surface area contributed by atoms with E-state index in [0.717, 1.165) is 6.20 Å². The van der Waals surface area contributed by atoms with E-state index in [1.807, 2.05) is 4.98 Å². The molecule has 1 heterocycles. The third-order valence-electron chi connectivity index (χ3n) is 2.43. The van der Waals surface area contributed by atoms with Crippen LogP contribution in [0.25, 0.3) is 0 Å². The highest BCUT2D eigenvalue weighted by atomic mass is 16.4. The first-order valence-electron chi connectivity index (χ1n) is 5.44. The van der Waals surface area contributed by atoms with Crippen molar-refractivity contribution in [1.29, 1.82) is 0 Å². The molecule has 2 aromatic rings. The van der Waals surface area contributed by atoms with Gasteiger partial charge in [-0.05, 0) is 18.2 Å². The summed E-state index contributed by atoms with van der Waals surface area (Å²) in [5.74, 6) is -1.90. The number of carbonyl (C=O) groups excluding carboxylic acids is 1. The fourth-order valence-electron chi connectivity index (χ4n) is 1.51. The molecule has 102 valence electrons. The lowest BCUT2D eigenvalue weighted by Crippen LogP contribution is -2.29. The molecular weight excluding hydrogens is 266 g/mol. The molecule has 0 bridgehead atoms. The van der Waals surface area contributed by atoms with E-state index in [4.69, 9.17) is 5.11 Å². The van der Waals surface area contributed by atoms with Crippen molar-refractivity contribution in [2.45, 2.75) is 0 Å². The Balaban J connectivity index is 2.28. The molecule has 2 rings (SSSR count). The molecule has 0 aliphatic carbocycles. The molecule has 20 heavy (non-hydrogen) atoms. The average Bonchev–Trinajstić information content (AvgIpc) is 2.38. The number of H-pyrrole nitrogens is 2. The Morgan fingerprint density at radius 1 is 1.20 bits per heavy atom.